The molecule has 0 radical (unpaired) electrons. The molecule has 0 fully saturated rings. The topological polar surface area (TPSA) is 114 Å². The normalized spacial score (nSPS) is 11.0. The van der Waals surface area contributed by atoms with Gasteiger partial charge in [-0.15, -0.1) is 0 Å². The van der Waals surface area contributed by atoms with Crippen molar-refractivity contribution in [3.8, 4) is 0 Å². The Hall–Kier alpha value is -3.21. The highest BCUT2D eigenvalue weighted by Gasteiger charge is 2.20. The molecular formula is C20H14Cl2FN3O5S. The van der Waals surface area contributed by atoms with Crippen LogP contribution in [-0.2, 0) is 19.6 Å². The summed E-state index contributed by atoms with van der Waals surface area (Å²) in [7, 11) is -4.11. The van der Waals surface area contributed by atoms with Crippen LogP contribution in [0.4, 0.5) is 15.9 Å². The van der Waals surface area contributed by atoms with E-state index in [4.69, 9.17) is 27.9 Å². The number of carbonyl (C=O) groups is 2. The fourth-order valence-corrected chi connectivity index (χ4v) is 3.79. The number of hydrogen-bond acceptors (Lipinski definition) is 6. The van der Waals surface area contributed by atoms with E-state index in [1.807, 2.05) is 0 Å². The highest BCUT2D eigenvalue weighted by atomic mass is 35.5. The fourth-order valence-electron chi connectivity index (χ4n) is 2.40. The quantitative estimate of drug-likeness (QED) is 0.474. The molecule has 2 aromatic carbocycles. The molecule has 3 rings (SSSR count). The molecule has 12 heteroatoms. The van der Waals surface area contributed by atoms with Crippen LogP contribution in [0.3, 0.4) is 0 Å². The number of ether oxygens (including phenoxy) is 1. The van der Waals surface area contributed by atoms with Crippen molar-refractivity contribution in [2.24, 2.45) is 0 Å². The standard InChI is InChI=1S/C20H14Cl2FN3O5S/c21-12-1-8-18(24-10-12)25-19(27)11-31-20(28)16-9-15(6-7-17(16)22)32(29,30)26-14-4-2-13(23)3-5-14/h1-10,26H,11H2,(H,24,25,27). The van der Waals surface area contributed by atoms with Crippen LogP contribution in [-0.4, -0.2) is 31.9 Å². The van der Waals surface area contributed by atoms with Crippen LogP contribution in [0.2, 0.25) is 10.0 Å². The molecule has 0 aliphatic heterocycles. The molecule has 8 nitrogen and oxygen atoms in total. The van der Waals surface area contributed by atoms with Crippen molar-refractivity contribution >= 4 is 56.6 Å². The van der Waals surface area contributed by atoms with Crippen LogP contribution >= 0.6 is 23.2 Å². The summed E-state index contributed by atoms with van der Waals surface area (Å²) in [5.41, 5.74) is -0.135. The minimum absolute atomic E-state index is 0.0736. The summed E-state index contributed by atoms with van der Waals surface area (Å²) >= 11 is 11.7. The Morgan fingerprint density at radius 2 is 1.75 bits per heavy atom. The zero-order valence-electron chi connectivity index (χ0n) is 16.0. The summed E-state index contributed by atoms with van der Waals surface area (Å²) < 4.78 is 45.4. The number of amides is 1. The number of nitrogens with one attached hydrogen (secondary N) is 2. The summed E-state index contributed by atoms with van der Waals surface area (Å²) in [6, 6.07) is 11.0. The predicted molar refractivity (Wildman–Crippen MR) is 117 cm³/mol. The lowest BCUT2D eigenvalue weighted by molar-refractivity contribution is -0.119. The first-order valence-corrected chi connectivity index (χ1v) is 11.0. The minimum Gasteiger partial charge on any atom is -0.452 e. The van der Waals surface area contributed by atoms with Crippen LogP contribution < -0.4 is 10.0 Å². The number of carbonyl (C=O) groups excluding carboxylic acids is 2. The number of esters is 1. The van der Waals surface area contributed by atoms with Crippen LogP contribution in [0.25, 0.3) is 0 Å². The molecular weight excluding hydrogens is 484 g/mol. The zero-order chi connectivity index (χ0) is 23.3. The van der Waals surface area contributed by atoms with Gasteiger partial charge in [-0.25, -0.2) is 22.6 Å². The molecule has 0 aliphatic carbocycles. The lowest BCUT2D eigenvalue weighted by Gasteiger charge is -2.11. The molecule has 0 atom stereocenters. The number of benzene rings is 2. The molecule has 0 unspecified atom stereocenters. The Bertz CT molecular complexity index is 1250. The zero-order valence-corrected chi connectivity index (χ0v) is 18.3. The Kier molecular flexibility index (Phi) is 7.29. The van der Waals surface area contributed by atoms with Gasteiger partial charge in [0.1, 0.15) is 11.6 Å². The van der Waals surface area contributed by atoms with Crippen molar-refractivity contribution in [3.63, 3.8) is 0 Å². The number of halogens is 3. The van der Waals surface area contributed by atoms with Gasteiger partial charge in [-0.05, 0) is 54.6 Å². The third-order valence-electron chi connectivity index (χ3n) is 3.89. The molecule has 1 aromatic heterocycles. The van der Waals surface area contributed by atoms with E-state index in [1.54, 1.807) is 0 Å². The third-order valence-corrected chi connectivity index (χ3v) is 5.83. The van der Waals surface area contributed by atoms with Gasteiger partial charge < -0.3 is 10.1 Å². The van der Waals surface area contributed by atoms with Crippen LogP contribution in [0, 0.1) is 5.82 Å². The van der Waals surface area contributed by atoms with Crippen LogP contribution in [0.1, 0.15) is 10.4 Å². The summed E-state index contributed by atoms with van der Waals surface area (Å²) in [4.78, 5) is 27.9. The maximum absolute atomic E-state index is 13.0. The van der Waals surface area contributed by atoms with E-state index in [1.165, 1.54) is 42.6 Å². The number of rotatable bonds is 7. The Morgan fingerprint density at radius 1 is 1.03 bits per heavy atom. The Morgan fingerprint density at radius 3 is 2.41 bits per heavy atom. The number of pyridine rings is 1. The summed E-state index contributed by atoms with van der Waals surface area (Å²) in [5, 5.41) is 2.71. The lowest BCUT2D eigenvalue weighted by atomic mass is 10.2. The van der Waals surface area contributed by atoms with Gasteiger partial charge in [-0.2, -0.15) is 0 Å². The molecule has 0 saturated carbocycles. The van der Waals surface area contributed by atoms with Crippen molar-refractivity contribution in [3.05, 3.63) is 82.2 Å². The summed E-state index contributed by atoms with van der Waals surface area (Å²) in [5.74, 6) is -2.01. The second-order valence-corrected chi connectivity index (χ2v) is 8.77. The highest BCUT2D eigenvalue weighted by molar-refractivity contribution is 7.92. The third kappa shape index (κ3) is 6.16. The van der Waals surface area contributed by atoms with Gasteiger partial charge >= 0.3 is 5.97 Å². The first-order chi connectivity index (χ1) is 15.1. The smallest absolute Gasteiger partial charge is 0.340 e. The SMILES string of the molecule is O=C(COC(=O)c1cc(S(=O)(=O)Nc2ccc(F)cc2)ccc1Cl)Nc1ccc(Cl)cn1. The minimum atomic E-state index is -4.11. The molecule has 2 N–H and O–H groups in total. The van der Waals surface area contributed by atoms with Crippen molar-refractivity contribution in [2.75, 3.05) is 16.6 Å². The molecule has 0 saturated heterocycles. The first-order valence-electron chi connectivity index (χ1n) is 8.80. The van der Waals surface area contributed by atoms with Gasteiger partial charge in [0, 0.05) is 11.9 Å². The van der Waals surface area contributed by atoms with Gasteiger partial charge in [-0.3, -0.25) is 9.52 Å². The number of aromatic nitrogens is 1. The number of sulfonamides is 1. The number of anilines is 2. The van der Waals surface area contributed by atoms with Crippen molar-refractivity contribution in [1.82, 2.24) is 4.98 Å². The molecule has 166 valence electrons. The van der Waals surface area contributed by atoms with E-state index in [9.17, 15) is 22.4 Å². The second kappa shape index (κ2) is 9.94. The van der Waals surface area contributed by atoms with E-state index in [-0.39, 0.29) is 27.0 Å². The van der Waals surface area contributed by atoms with Gasteiger partial charge in [0.05, 0.1) is 20.5 Å². The molecule has 1 heterocycles. The maximum Gasteiger partial charge on any atom is 0.340 e. The summed E-state index contributed by atoms with van der Waals surface area (Å²) in [6.07, 6.45) is 1.33. The maximum atomic E-state index is 13.0. The van der Waals surface area contributed by atoms with Crippen molar-refractivity contribution in [1.29, 1.82) is 0 Å². The molecule has 0 spiro atoms. The van der Waals surface area contributed by atoms with E-state index < -0.39 is 34.3 Å². The van der Waals surface area contributed by atoms with E-state index in [2.05, 4.69) is 15.0 Å². The van der Waals surface area contributed by atoms with Crippen molar-refractivity contribution in [2.45, 2.75) is 4.90 Å². The van der Waals surface area contributed by atoms with Gasteiger partial charge in [0.2, 0.25) is 0 Å². The van der Waals surface area contributed by atoms with Gasteiger partial charge in [-0.1, -0.05) is 23.2 Å². The molecule has 0 aliphatic rings. The van der Waals surface area contributed by atoms with E-state index >= 15 is 0 Å². The Balaban J connectivity index is 1.68. The van der Waals surface area contributed by atoms with Crippen LogP contribution in [0.15, 0.2) is 65.7 Å². The summed E-state index contributed by atoms with van der Waals surface area (Å²) in [6.45, 7) is -0.662. The van der Waals surface area contributed by atoms with Crippen LogP contribution in [0.5, 0.6) is 0 Å². The van der Waals surface area contributed by atoms with E-state index in [0.29, 0.717) is 5.02 Å². The Labute approximate surface area is 192 Å². The molecule has 32 heavy (non-hydrogen) atoms. The molecule has 1 amide bonds. The first kappa shape index (κ1) is 23.5. The average molecular weight is 498 g/mol. The van der Waals surface area contributed by atoms with Gasteiger partial charge in [0.25, 0.3) is 15.9 Å². The fraction of sp³-hybridized carbons (Fsp3) is 0.0500. The average Bonchev–Trinajstić information content (AvgIpc) is 2.75. The van der Waals surface area contributed by atoms with Gasteiger partial charge in [0.15, 0.2) is 6.61 Å². The largest absolute Gasteiger partial charge is 0.452 e. The predicted octanol–water partition coefficient (Wildman–Crippen LogP) is 4.12. The molecule has 0 bridgehead atoms. The number of nitrogens with zero attached hydrogens (tertiary/aromatic N) is 1. The monoisotopic (exact) mass is 497 g/mol. The lowest BCUT2D eigenvalue weighted by Crippen LogP contribution is -2.22. The second-order valence-electron chi connectivity index (χ2n) is 6.24. The van der Waals surface area contributed by atoms with Crippen molar-refractivity contribution < 1.29 is 27.1 Å². The van der Waals surface area contributed by atoms with E-state index in [0.717, 1.165) is 18.2 Å². The highest BCUT2D eigenvalue weighted by Crippen LogP contribution is 2.23. The molecule has 3 aromatic rings. The number of hydrogen-bond donors (Lipinski definition) is 2.